The monoisotopic (exact) mass is 425 g/mol. The van der Waals surface area contributed by atoms with Crippen LogP contribution in [0, 0.1) is 6.92 Å². The van der Waals surface area contributed by atoms with Gasteiger partial charge in [0.05, 0.1) is 19.8 Å². The van der Waals surface area contributed by atoms with Crippen molar-refractivity contribution < 1.29 is 14.3 Å². The Morgan fingerprint density at radius 3 is 2.80 bits per heavy atom. The van der Waals surface area contributed by atoms with Crippen LogP contribution in [-0.2, 0) is 4.74 Å². The number of aromatic nitrogens is 3. The molecule has 3 aromatic rings. The molecule has 3 heterocycles. The molecule has 1 aliphatic heterocycles. The zero-order chi connectivity index (χ0) is 20.8. The van der Waals surface area contributed by atoms with Crippen LogP contribution in [0.15, 0.2) is 41.8 Å². The second-order valence-corrected chi connectivity index (χ2v) is 7.58. The highest BCUT2D eigenvalue weighted by molar-refractivity contribution is 7.13. The van der Waals surface area contributed by atoms with E-state index in [1.54, 1.807) is 5.38 Å². The number of ether oxygens (including phenoxy) is 2. The van der Waals surface area contributed by atoms with Crippen molar-refractivity contribution in [2.75, 3.05) is 44.4 Å². The first kappa shape index (κ1) is 20.2. The number of hydrogen-bond acceptors (Lipinski definition) is 8. The lowest BCUT2D eigenvalue weighted by atomic mass is 10.2. The van der Waals surface area contributed by atoms with Crippen molar-refractivity contribution in [1.82, 2.24) is 20.3 Å². The van der Waals surface area contributed by atoms with E-state index < -0.39 is 0 Å². The highest BCUT2D eigenvalue weighted by Gasteiger charge is 2.15. The Labute approximate surface area is 178 Å². The maximum Gasteiger partial charge on any atom is 0.270 e. The maximum absolute atomic E-state index is 12.3. The summed E-state index contributed by atoms with van der Waals surface area (Å²) in [6.07, 6.45) is 0. The number of nitrogens with zero attached hydrogens (tertiary/aromatic N) is 4. The Kier molecular flexibility index (Phi) is 6.50. The van der Waals surface area contributed by atoms with Gasteiger partial charge in [0.1, 0.15) is 29.0 Å². The lowest BCUT2D eigenvalue weighted by Crippen LogP contribution is -2.37. The minimum absolute atomic E-state index is 0.218. The lowest BCUT2D eigenvalue weighted by Gasteiger charge is -2.28. The molecule has 0 saturated carbocycles. The third kappa shape index (κ3) is 5.11. The molecule has 156 valence electrons. The summed E-state index contributed by atoms with van der Waals surface area (Å²) in [5, 5.41) is 5.42. The number of anilines is 1. The van der Waals surface area contributed by atoms with Crippen LogP contribution in [0.5, 0.6) is 5.88 Å². The SMILES string of the molecule is Cc1nc(OCCNC(=O)c2csc(-c3ccccc3)n2)cc(N2CCOCC2)n1. The van der Waals surface area contributed by atoms with Gasteiger partial charge in [-0.25, -0.2) is 9.97 Å². The summed E-state index contributed by atoms with van der Waals surface area (Å²) in [6.45, 7) is 5.47. The number of carbonyl (C=O) groups excluding carboxylic acids is 1. The van der Waals surface area contributed by atoms with Crippen molar-refractivity contribution in [2.24, 2.45) is 0 Å². The molecule has 0 unspecified atom stereocenters. The number of nitrogens with one attached hydrogen (secondary N) is 1. The fourth-order valence-corrected chi connectivity index (χ4v) is 3.86. The van der Waals surface area contributed by atoms with E-state index in [1.807, 2.05) is 43.3 Å². The van der Waals surface area contributed by atoms with E-state index in [2.05, 4.69) is 25.2 Å². The van der Waals surface area contributed by atoms with Gasteiger partial charge in [-0.1, -0.05) is 30.3 Å². The van der Waals surface area contributed by atoms with Crippen LogP contribution in [0.25, 0.3) is 10.6 Å². The Balaban J connectivity index is 1.28. The molecule has 1 N–H and O–H groups in total. The van der Waals surface area contributed by atoms with E-state index in [9.17, 15) is 4.79 Å². The standard InChI is InChI=1S/C21H23N5O3S/c1-15-23-18(26-8-11-28-12-9-26)13-19(24-15)29-10-7-22-20(27)17-14-30-21(25-17)16-5-3-2-4-6-16/h2-6,13-14H,7-12H2,1H3,(H,22,27). The lowest BCUT2D eigenvalue weighted by molar-refractivity contribution is 0.0942. The molecule has 9 heteroatoms. The third-order valence-corrected chi connectivity index (χ3v) is 5.42. The van der Waals surface area contributed by atoms with Crippen LogP contribution in [0.4, 0.5) is 5.82 Å². The summed E-state index contributed by atoms with van der Waals surface area (Å²) in [5.74, 6) is 1.76. The number of carbonyl (C=O) groups is 1. The van der Waals surface area contributed by atoms with Gasteiger partial charge in [0, 0.05) is 30.1 Å². The van der Waals surface area contributed by atoms with Crippen LogP contribution in [-0.4, -0.2) is 60.3 Å². The molecule has 1 amide bonds. The largest absolute Gasteiger partial charge is 0.476 e. The maximum atomic E-state index is 12.3. The van der Waals surface area contributed by atoms with Crippen molar-refractivity contribution in [1.29, 1.82) is 0 Å². The summed E-state index contributed by atoms with van der Waals surface area (Å²) >= 11 is 1.45. The van der Waals surface area contributed by atoms with Gasteiger partial charge in [0.15, 0.2) is 0 Å². The molecular weight excluding hydrogens is 402 g/mol. The van der Waals surface area contributed by atoms with E-state index in [0.717, 1.165) is 29.5 Å². The number of rotatable bonds is 7. The van der Waals surface area contributed by atoms with Crippen molar-refractivity contribution >= 4 is 23.1 Å². The number of hydrogen-bond donors (Lipinski definition) is 1. The van der Waals surface area contributed by atoms with Crippen molar-refractivity contribution in [3.63, 3.8) is 0 Å². The predicted octanol–water partition coefficient (Wildman–Crippen LogP) is 2.55. The van der Waals surface area contributed by atoms with E-state index in [1.165, 1.54) is 11.3 Å². The zero-order valence-electron chi connectivity index (χ0n) is 16.7. The minimum Gasteiger partial charge on any atom is -0.476 e. The molecule has 0 bridgehead atoms. The first-order valence-corrected chi connectivity index (χ1v) is 10.7. The number of aryl methyl sites for hydroxylation is 1. The van der Waals surface area contributed by atoms with E-state index >= 15 is 0 Å². The number of amides is 1. The van der Waals surface area contributed by atoms with Gasteiger partial charge in [-0.3, -0.25) is 4.79 Å². The summed E-state index contributed by atoms with van der Waals surface area (Å²) < 4.78 is 11.1. The molecule has 0 aliphatic carbocycles. The molecule has 1 aromatic carbocycles. The first-order valence-electron chi connectivity index (χ1n) is 9.79. The molecule has 1 aliphatic rings. The van der Waals surface area contributed by atoms with Crippen molar-refractivity contribution in [3.05, 3.63) is 53.3 Å². The van der Waals surface area contributed by atoms with E-state index in [4.69, 9.17) is 9.47 Å². The van der Waals surface area contributed by atoms with Crippen LogP contribution >= 0.6 is 11.3 Å². The van der Waals surface area contributed by atoms with Crippen LogP contribution in [0.2, 0.25) is 0 Å². The van der Waals surface area contributed by atoms with Crippen LogP contribution in [0.1, 0.15) is 16.3 Å². The molecule has 30 heavy (non-hydrogen) atoms. The van der Waals surface area contributed by atoms with Gasteiger partial charge < -0.3 is 19.7 Å². The second-order valence-electron chi connectivity index (χ2n) is 6.72. The molecule has 0 spiro atoms. The van der Waals surface area contributed by atoms with Crippen LogP contribution in [0.3, 0.4) is 0 Å². The summed E-state index contributed by atoms with van der Waals surface area (Å²) in [4.78, 5) is 27.7. The van der Waals surface area contributed by atoms with Gasteiger partial charge >= 0.3 is 0 Å². The van der Waals surface area contributed by atoms with Gasteiger partial charge in [-0.15, -0.1) is 11.3 Å². The summed E-state index contributed by atoms with van der Waals surface area (Å²) in [5.41, 5.74) is 1.41. The Morgan fingerprint density at radius 2 is 2.00 bits per heavy atom. The minimum atomic E-state index is -0.218. The molecule has 4 rings (SSSR count). The third-order valence-electron chi connectivity index (χ3n) is 4.53. The second kappa shape index (κ2) is 9.64. The number of thiazole rings is 1. The molecular formula is C21H23N5O3S. The first-order chi connectivity index (χ1) is 14.7. The fraction of sp³-hybridized carbons (Fsp3) is 0.333. The van der Waals surface area contributed by atoms with Gasteiger partial charge in [0.25, 0.3) is 5.91 Å². The number of benzene rings is 1. The summed E-state index contributed by atoms with van der Waals surface area (Å²) in [6, 6.07) is 11.6. The molecule has 8 nitrogen and oxygen atoms in total. The molecule has 2 aromatic heterocycles. The van der Waals surface area contributed by atoms with E-state index in [-0.39, 0.29) is 5.91 Å². The van der Waals surface area contributed by atoms with Crippen molar-refractivity contribution in [2.45, 2.75) is 6.92 Å². The Bertz CT molecular complexity index is 989. The van der Waals surface area contributed by atoms with Crippen molar-refractivity contribution in [3.8, 4) is 16.5 Å². The number of morpholine rings is 1. The average Bonchev–Trinajstić information content (AvgIpc) is 3.28. The van der Waals surface area contributed by atoms with E-state index in [0.29, 0.717) is 43.8 Å². The topological polar surface area (TPSA) is 89.5 Å². The smallest absolute Gasteiger partial charge is 0.270 e. The van der Waals surface area contributed by atoms with Crippen LogP contribution < -0.4 is 15.0 Å². The Hall–Kier alpha value is -3.04. The van der Waals surface area contributed by atoms with Gasteiger partial charge in [0.2, 0.25) is 5.88 Å². The average molecular weight is 426 g/mol. The molecule has 1 saturated heterocycles. The fourth-order valence-electron chi connectivity index (χ4n) is 3.06. The molecule has 1 fully saturated rings. The summed E-state index contributed by atoms with van der Waals surface area (Å²) in [7, 11) is 0. The van der Waals surface area contributed by atoms with Gasteiger partial charge in [-0.05, 0) is 6.92 Å². The molecule has 0 radical (unpaired) electrons. The highest BCUT2D eigenvalue weighted by atomic mass is 32.1. The Morgan fingerprint density at radius 1 is 1.20 bits per heavy atom. The predicted molar refractivity (Wildman–Crippen MR) is 115 cm³/mol. The zero-order valence-corrected chi connectivity index (χ0v) is 17.5. The quantitative estimate of drug-likeness (QED) is 0.582. The molecule has 0 atom stereocenters. The highest BCUT2D eigenvalue weighted by Crippen LogP contribution is 2.23. The van der Waals surface area contributed by atoms with Gasteiger partial charge in [-0.2, -0.15) is 4.98 Å². The normalized spacial score (nSPS) is 13.8.